The van der Waals surface area contributed by atoms with Crippen LogP contribution in [-0.4, -0.2) is 52.2 Å². The average molecular weight is 439 g/mol. The Bertz CT molecular complexity index is 1010. The Morgan fingerprint density at radius 2 is 1.74 bits per heavy atom. The summed E-state index contributed by atoms with van der Waals surface area (Å²) in [5.74, 6) is 0.844. The molecule has 1 N–H and O–H groups in total. The Kier molecular flexibility index (Phi) is 7.72. The molecule has 2 amide bonds. The second-order valence-corrected chi connectivity index (χ2v) is 7.61. The quantitative estimate of drug-likeness (QED) is 0.509. The molecule has 0 saturated carbocycles. The summed E-state index contributed by atoms with van der Waals surface area (Å²) < 4.78 is 7.11. The van der Waals surface area contributed by atoms with E-state index in [-0.39, 0.29) is 17.6 Å². The maximum atomic E-state index is 12.4. The molecule has 1 aromatic heterocycles. The number of aromatic nitrogens is 2. The zero-order valence-electron chi connectivity index (χ0n) is 17.9. The number of hydrogen-bond acceptors (Lipinski definition) is 5. The van der Waals surface area contributed by atoms with Gasteiger partial charge in [0.25, 0.3) is 5.91 Å². The Labute approximate surface area is 186 Å². The number of hydrogen-bond donors (Lipinski definition) is 1. The highest BCUT2D eigenvalue weighted by Gasteiger charge is 2.13. The maximum Gasteiger partial charge on any atom is 0.253 e. The molecular weight excluding hydrogens is 412 g/mol. The maximum absolute atomic E-state index is 12.4. The SMILES string of the molecule is CCN(CC)C(=O)c1ccc(NC(=O)CSc2nccn2-c2ccc(OC)cc2)cc1. The van der Waals surface area contributed by atoms with Gasteiger partial charge in [0.1, 0.15) is 5.75 Å². The molecule has 0 aliphatic heterocycles. The molecule has 3 rings (SSSR count). The smallest absolute Gasteiger partial charge is 0.253 e. The molecule has 0 unspecified atom stereocenters. The van der Waals surface area contributed by atoms with E-state index in [9.17, 15) is 9.59 Å². The third-order valence-corrected chi connectivity index (χ3v) is 5.72. The van der Waals surface area contributed by atoms with Gasteiger partial charge in [-0.1, -0.05) is 11.8 Å². The number of ether oxygens (including phenoxy) is 1. The van der Waals surface area contributed by atoms with Gasteiger partial charge in [-0.15, -0.1) is 0 Å². The fourth-order valence-electron chi connectivity index (χ4n) is 3.05. The van der Waals surface area contributed by atoms with Gasteiger partial charge >= 0.3 is 0 Å². The van der Waals surface area contributed by atoms with E-state index in [1.807, 2.05) is 48.9 Å². The lowest BCUT2D eigenvalue weighted by atomic mass is 10.2. The van der Waals surface area contributed by atoms with E-state index < -0.39 is 0 Å². The summed E-state index contributed by atoms with van der Waals surface area (Å²) in [4.78, 5) is 30.9. The van der Waals surface area contributed by atoms with Gasteiger partial charge in [-0.25, -0.2) is 4.98 Å². The Morgan fingerprint density at radius 3 is 2.35 bits per heavy atom. The van der Waals surface area contributed by atoms with Crippen LogP contribution in [0, 0.1) is 0 Å². The minimum atomic E-state index is -0.142. The van der Waals surface area contributed by atoms with Crippen molar-refractivity contribution in [3.05, 3.63) is 66.5 Å². The second-order valence-electron chi connectivity index (χ2n) is 6.67. The number of carbonyl (C=O) groups excluding carboxylic acids is 2. The minimum absolute atomic E-state index is 0.0104. The van der Waals surface area contributed by atoms with Crippen LogP contribution in [0.25, 0.3) is 5.69 Å². The number of thioether (sulfide) groups is 1. The number of nitrogens with zero attached hydrogens (tertiary/aromatic N) is 3. The first-order chi connectivity index (χ1) is 15.0. The Balaban J connectivity index is 1.57. The lowest BCUT2D eigenvalue weighted by Gasteiger charge is -2.18. The lowest BCUT2D eigenvalue weighted by Crippen LogP contribution is -2.30. The zero-order valence-corrected chi connectivity index (χ0v) is 18.7. The van der Waals surface area contributed by atoms with Gasteiger partial charge in [0.15, 0.2) is 5.16 Å². The second kappa shape index (κ2) is 10.7. The van der Waals surface area contributed by atoms with Crippen molar-refractivity contribution in [2.45, 2.75) is 19.0 Å². The summed E-state index contributed by atoms with van der Waals surface area (Å²) in [7, 11) is 1.63. The van der Waals surface area contributed by atoms with Gasteiger partial charge in [-0.3, -0.25) is 14.2 Å². The summed E-state index contributed by atoms with van der Waals surface area (Å²) in [5.41, 5.74) is 2.20. The molecule has 0 bridgehead atoms. The van der Waals surface area contributed by atoms with E-state index in [2.05, 4.69) is 10.3 Å². The molecule has 8 heteroatoms. The van der Waals surface area contributed by atoms with Gasteiger partial charge < -0.3 is 15.0 Å². The molecular formula is C23H26N4O3S. The highest BCUT2D eigenvalue weighted by Crippen LogP contribution is 2.22. The van der Waals surface area contributed by atoms with E-state index in [0.29, 0.717) is 24.3 Å². The number of benzene rings is 2. The van der Waals surface area contributed by atoms with Gasteiger partial charge in [0.2, 0.25) is 5.91 Å². The summed E-state index contributed by atoms with van der Waals surface area (Å²) in [5, 5.41) is 3.59. The van der Waals surface area contributed by atoms with E-state index in [4.69, 9.17) is 4.74 Å². The third kappa shape index (κ3) is 5.67. The molecule has 162 valence electrons. The molecule has 1 heterocycles. The Hall–Kier alpha value is -3.26. The number of rotatable bonds is 9. The molecule has 2 aromatic carbocycles. The number of amides is 2. The molecule has 0 aliphatic rings. The van der Waals surface area contributed by atoms with Crippen molar-refractivity contribution in [2.75, 3.05) is 31.3 Å². The fraction of sp³-hybridized carbons (Fsp3) is 0.261. The largest absolute Gasteiger partial charge is 0.497 e. The summed E-state index contributed by atoms with van der Waals surface area (Å²) in [6, 6.07) is 14.6. The molecule has 0 atom stereocenters. The number of imidazole rings is 1. The Morgan fingerprint density at radius 1 is 1.06 bits per heavy atom. The first-order valence-corrected chi connectivity index (χ1v) is 11.0. The molecule has 7 nitrogen and oxygen atoms in total. The predicted octanol–water partition coefficient (Wildman–Crippen LogP) is 4.09. The summed E-state index contributed by atoms with van der Waals surface area (Å²) >= 11 is 1.35. The van der Waals surface area contributed by atoms with E-state index >= 15 is 0 Å². The third-order valence-electron chi connectivity index (χ3n) is 4.76. The van der Waals surface area contributed by atoms with Gasteiger partial charge in [0.05, 0.1) is 12.9 Å². The van der Waals surface area contributed by atoms with Crippen molar-refractivity contribution in [1.82, 2.24) is 14.5 Å². The lowest BCUT2D eigenvalue weighted by molar-refractivity contribution is -0.113. The van der Waals surface area contributed by atoms with Crippen LogP contribution >= 0.6 is 11.8 Å². The van der Waals surface area contributed by atoms with Crippen molar-refractivity contribution in [1.29, 1.82) is 0 Å². The minimum Gasteiger partial charge on any atom is -0.497 e. The first-order valence-electron chi connectivity index (χ1n) is 10.1. The van der Waals surface area contributed by atoms with Crippen LogP contribution < -0.4 is 10.1 Å². The first kappa shape index (κ1) is 22.4. The van der Waals surface area contributed by atoms with E-state index in [0.717, 1.165) is 16.6 Å². The van der Waals surface area contributed by atoms with Crippen LogP contribution in [0.5, 0.6) is 5.75 Å². The van der Waals surface area contributed by atoms with Gasteiger partial charge in [0, 0.05) is 42.4 Å². The van der Waals surface area contributed by atoms with Crippen LogP contribution in [0.2, 0.25) is 0 Å². The molecule has 3 aromatic rings. The van der Waals surface area contributed by atoms with Crippen molar-refractivity contribution in [2.24, 2.45) is 0 Å². The molecule has 0 spiro atoms. The van der Waals surface area contributed by atoms with Crippen molar-refractivity contribution in [3.8, 4) is 11.4 Å². The highest BCUT2D eigenvalue weighted by molar-refractivity contribution is 7.99. The van der Waals surface area contributed by atoms with Crippen LogP contribution in [0.15, 0.2) is 66.1 Å². The topological polar surface area (TPSA) is 76.5 Å². The molecule has 0 fully saturated rings. The van der Waals surface area contributed by atoms with Crippen molar-refractivity contribution in [3.63, 3.8) is 0 Å². The van der Waals surface area contributed by atoms with Gasteiger partial charge in [-0.05, 0) is 62.4 Å². The molecule has 0 aliphatic carbocycles. The standard InChI is InChI=1S/C23H26N4O3S/c1-4-26(5-2)22(29)17-6-8-18(9-7-17)25-21(28)16-31-23-24-14-15-27(23)19-10-12-20(30-3)13-11-19/h6-15H,4-5,16H2,1-3H3,(H,25,28). The number of carbonyl (C=O) groups is 2. The fourth-order valence-corrected chi connectivity index (χ4v) is 3.83. The van der Waals surface area contributed by atoms with Crippen LogP contribution in [0.3, 0.4) is 0 Å². The monoisotopic (exact) mass is 438 g/mol. The summed E-state index contributed by atoms with van der Waals surface area (Å²) in [6.07, 6.45) is 3.56. The number of anilines is 1. The highest BCUT2D eigenvalue weighted by atomic mass is 32.2. The molecule has 0 saturated heterocycles. The number of nitrogens with one attached hydrogen (secondary N) is 1. The predicted molar refractivity (Wildman–Crippen MR) is 123 cm³/mol. The van der Waals surface area contributed by atoms with Crippen molar-refractivity contribution < 1.29 is 14.3 Å². The van der Waals surface area contributed by atoms with Gasteiger partial charge in [-0.2, -0.15) is 0 Å². The number of methoxy groups -OCH3 is 1. The zero-order chi connectivity index (χ0) is 22.2. The van der Waals surface area contributed by atoms with Crippen LogP contribution in [-0.2, 0) is 4.79 Å². The normalized spacial score (nSPS) is 10.5. The van der Waals surface area contributed by atoms with E-state index in [1.54, 1.807) is 42.5 Å². The van der Waals surface area contributed by atoms with E-state index in [1.165, 1.54) is 11.8 Å². The van der Waals surface area contributed by atoms with Crippen molar-refractivity contribution >= 4 is 29.3 Å². The molecule has 31 heavy (non-hydrogen) atoms. The van der Waals surface area contributed by atoms with Crippen LogP contribution in [0.4, 0.5) is 5.69 Å². The molecule has 0 radical (unpaired) electrons. The average Bonchev–Trinajstić information content (AvgIpc) is 3.27. The van der Waals surface area contributed by atoms with Crippen LogP contribution in [0.1, 0.15) is 24.2 Å². The summed E-state index contributed by atoms with van der Waals surface area (Å²) in [6.45, 7) is 5.23.